The molecule has 1 atom stereocenters. The van der Waals surface area contributed by atoms with Gasteiger partial charge in [0.1, 0.15) is 0 Å². The molecule has 1 rings (SSSR count). The normalized spacial score (nSPS) is 17.8. The summed E-state index contributed by atoms with van der Waals surface area (Å²) in [5.41, 5.74) is 0. The summed E-state index contributed by atoms with van der Waals surface area (Å²) in [5.74, 6) is 0.230. The Morgan fingerprint density at radius 1 is 1.26 bits per heavy atom. The predicted molar refractivity (Wildman–Crippen MR) is 77.3 cm³/mol. The van der Waals surface area contributed by atoms with Gasteiger partial charge in [-0.15, -0.1) is 0 Å². The van der Waals surface area contributed by atoms with Crippen LogP contribution in [0.2, 0.25) is 0 Å². The molecular weight excluding hydrogens is 242 g/mol. The van der Waals surface area contributed by atoms with Gasteiger partial charge in [-0.3, -0.25) is 4.79 Å². The van der Waals surface area contributed by atoms with Crippen LogP contribution in [0.1, 0.15) is 26.2 Å². The van der Waals surface area contributed by atoms with E-state index in [0.717, 1.165) is 45.6 Å². The number of ether oxygens (including phenoxy) is 1. The standard InChI is InChI=1S/C14H29N3O2/c1-13(14(18)17-8-5-4-6-9-17)15-7-11-19-12-10-16(2)3/h13,15H,4-12H2,1-3H3. The van der Waals surface area contributed by atoms with Gasteiger partial charge in [-0.05, 0) is 40.3 Å². The fourth-order valence-electron chi connectivity index (χ4n) is 2.17. The number of amides is 1. The molecule has 0 saturated carbocycles. The van der Waals surface area contributed by atoms with Crippen LogP contribution in [0.3, 0.4) is 0 Å². The first-order valence-corrected chi connectivity index (χ1v) is 7.36. The van der Waals surface area contributed by atoms with Crippen molar-refractivity contribution in [2.75, 3.05) is 53.5 Å². The summed E-state index contributed by atoms with van der Waals surface area (Å²) in [4.78, 5) is 16.2. The van der Waals surface area contributed by atoms with E-state index < -0.39 is 0 Å². The number of likely N-dealkylation sites (N-methyl/N-ethyl adjacent to an activating group) is 1. The smallest absolute Gasteiger partial charge is 0.239 e. The number of hydrogen-bond donors (Lipinski definition) is 1. The molecule has 1 heterocycles. The minimum absolute atomic E-state index is 0.101. The first kappa shape index (κ1) is 16.4. The van der Waals surface area contributed by atoms with Gasteiger partial charge in [0, 0.05) is 26.2 Å². The second kappa shape index (κ2) is 9.28. The van der Waals surface area contributed by atoms with Crippen LogP contribution in [-0.2, 0) is 9.53 Å². The van der Waals surface area contributed by atoms with Crippen molar-refractivity contribution >= 4 is 5.91 Å². The predicted octanol–water partition coefficient (Wildman–Crippen LogP) is 0.555. The van der Waals surface area contributed by atoms with Crippen molar-refractivity contribution in [2.45, 2.75) is 32.2 Å². The van der Waals surface area contributed by atoms with Gasteiger partial charge in [-0.2, -0.15) is 0 Å². The van der Waals surface area contributed by atoms with E-state index in [1.807, 2.05) is 25.9 Å². The van der Waals surface area contributed by atoms with Crippen molar-refractivity contribution in [1.29, 1.82) is 0 Å². The minimum atomic E-state index is -0.101. The van der Waals surface area contributed by atoms with Gasteiger partial charge >= 0.3 is 0 Å². The Labute approximate surface area is 117 Å². The topological polar surface area (TPSA) is 44.8 Å². The van der Waals surface area contributed by atoms with Gasteiger partial charge in [0.15, 0.2) is 0 Å². The summed E-state index contributed by atoms with van der Waals surface area (Å²) in [6.07, 6.45) is 3.55. The summed E-state index contributed by atoms with van der Waals surface area (Å²) in [7, 11) is 4.06. The number of carbonyl (C=O) groups is 1. The van der Waals surface area contributed by atoms with Crippen molar-refractivity contribution in [1.82, 2.24) is 15.1 Å². The molecule has 0 radical (unpaired) electrons. The Hall–Kier alpha value is -0.650. The lowest BCUT2D eigenvalue weighted by Crippen LogP contribution is -2.47. The van der Waals surface area contributed by atoms with Gasteiger partial charge in [0.2, 0.25) is 5.91 Å². The highest BCUT2D eigenvalue weighted by atomic mass is 16.5. The maximum Gasteiger partial charge on any atom is 0.239 e. The first-order valence-electron chi connectivity index (χ1n) is 7.36. The third-order valence-electron chi connectivity index (χ3n) is 3.42. The lowest BCUT2D eigenvalue weighted by Gasteiger charge is -2.29. The number of rotatable bonds is 8. The third-order valence-corrected chi connectivity index (χ3v) is 3.42. The van der Waals surface area contributed by atoms with E-state index in [-0.39, 0.29) is 11.9 Å². The molecule has 0 aromatic rings. The lowest BCUT2D eigenvalue weighted by atomic mass is 10.1. The Balaban J connectivity index is 2.06. The highest BCUT2D eigenvalue weighted by Crippen LogP contribution is 2.09. The average molecular weight is 271 g/mol. The van der Waals surface area contributed by atoms with Gasteiger partial charge in [-0.1, -0.05) is 0 Å². The molecule has 1 amide bonds. The third kappa shape index (κ3) is 6.89. The highest BCUT2D eigenvalue weighted by Gasteiger charge is 2.21. The summed E-state index contributed by atoms with van der Waals surface area (Å²) in [6.45, 7) is 6.84. The number of likely N-dealkylation sites (tertiary alicyclic amines) is 1. The summed E-state index contributed by atoms with van der Waals surface area (Å²) in [6, 6.07) is -0.101. The number of nitrogens with one attached hydrogen (secondary N) is 1. The molecule has 5 nitrogen and oxygen atoms in total. The van der Waals surface area contributed by atoms with E-state index in [1.165, 1.54) is 6.42 Å². The van der Waals surface area contributed by atoms with Crippen molar-refractivity contribution in [3.8, 4) is 0 Å². The van der Waals surface area contributed by atoms with Gasteiger partial charge < -0.3 is 19.9 Å². The molecule has 19 heavy (non-hydrogen) atoms. The van der Waals surface area contributed by atoms with Crippen LogP contribution in [0.15, 0.2) is 0 Å². The zero-order valence-corrected chi connectivity index (χ0v) is 12.7. The average Bonchev–Trinajstić information content (AvgIpc) is 2.42. The molecule has 0 aromatic heterocycles. The molecule has 0 aliphatic carbocycles. The summed E-state index contributed by atoms with van der Waals surface area (Å²) < 4.78 is 5.49. The van der Waals surface area contributed by atoms with Crippen molar-refractivity contribution in [2.24, 2.45) is 0 Å². The Kier molecular flexibility index (Phi) is 8.02. The van der Waals surface area contributed by atoms with Crippen LogP contribution in [0.25, 0.3) is 0 Å². The van der Waals surface area contributed by atoms with Crippen LogP contribution >= 0.6 is 0 Å². The van der Waals surface area contributed by atoms with Gasteiger partial charge in [0.25, 0.3) is 0 Å². The monoisotopic (exact) mass is 271 g/mol. The molecule has 0 bridgehead atoms. The van der Waals surface area contributed by atoms with Crippen molar-refractivity contribution < 1.29 is 9.53 Å². The molecule has 0 spiro atoms. The quantitative estimate of drug-likeness (QED) is 0.655. The van der Waals surface area contributed by atoms with Crippen LogP contribution < -0.4 is 5.32 Å². The number of hydrogen-bond acceptors (Lipinski definition) is 4. The number of nitrogens with zero attached hydrogens (tertiary/aromatic N) is 2. The largest absolute Gasteiger partial charge is 0.379 e. The SMILES string of the molecule is CC(NCCOCCN(C)C)C(=O)N1CCCCC1. The van der Waals surface area contributed by atoms with E-state index >= 15 is 0 Å². The number of carbonyl (C=O) groups excluding carboxylic acids is 1. The minimum Gasteiger partial charge on any atom is -0.379 e. The van der Waals surface area contributed by atoms with Crippen LogP contribution in [0.5, 0.6) is 0 Å². The van der Waals surface area contributed by atoms with E-state index in [1.54, 1.807) is 0 Å². The Morgan fingerprint density at radius 2 is 1.95 bits per heavy atom. The second-order valence-corrected chi connectivity index (χ2v) is 5.48. The molecule has 0 aromatic carbocycles. The van der Waals surface area contributed by atoms with E-state index in [2.05, 4.69) is 10.2 Å². The molecule has 1 fully saturated rings. The summed E-state index contributed by atoms with van der Waals surface area (Å²) >= 11 is 0. The first-order chi connectivity index (χ1) is 9.11. The zero-order chi connectivity index (χ0) is 14.1. The second-order valence-electron chi connectivity index (χ2n) is 5.48. The van der Waals surface area contributed by atoms with Gasteiger partial charge in [-0.25, -0.2) is 0 Å². The molecule has 112 valence electrons. The van der Waals surface area contributed by atoms with Crippen LogP contribution in [0.4, 0.5) is 0 Å². The summed E-state index contributed by atoms with van der Waals surface area (Å²) in [5, 5.41) is 3.24. The Bertz CT molecular complexity index is 253. The molecule has 1 aliphatic heterocycles. The molecule has 1 aliphatic rings. The van der Waals surface area contributed by atoms with Crippen LogP contribution in [-0.4, -0.2) is 75.2 Å². The number of piperidine rings is 1. The fourth-order valence-corrected chi connectivity index (χ4v) is 2.17. The van der Waals surface area contributed by atoms with Gasteiger partial charge in [0.05, 0.1) is 19.3 Å². The van der Waals surface area contributed by atoms with E-state index in [9.17, 15) is 4.79 Å². The van der Waals surface area contributed by atoms with Crippen LogP contribution in [0, 0.1) is 0 Å². The molecule has 1 N–H and O–H groups in total. The van der Waals surface area contributed by atoms with Crippen molar-refractivity contribution in [3.63, 3.8) is 0 Å². The fraction of sp³-hybridized carbons (Fsp3) is 0.929. The Morgan fingerprint density at radius 3 is 2.58 bits per heavy atom. The highest BCUT2D eigenvalue weighted by molar-refractivity contribution is 5.81. The van der Waals surface area contributed by atoms with Crippen molar-refractivity contribution in [3.05, 3.63) is 0 Å². The van der Waals surface area contributed by atoms with E-state index in [0.29, 0.717) is 6.61 Å². The maximum atomic E-state index is 12.1. The zero-order valence-electron chi connectivity index (χ0n) is 12.7. The molecule has 1 saturated heterocycles. The molecule has 5 heteroatoms. The molecular formula is C14H29N3O2. The maximum absolute atomic E-state index is 12.1. The lowest BCUT2D eigenvalue weighted by molar-refractivity contribution is -0.133. The van der Waals surface area contributed by atoms with E-state index in [4.69, 9.17) is 4.74 Å². The molecule has 1 unspecified atom stereocenters.